The predicted molar refractivity (Wildman–Crippen MR) is 40.2 cm³/mol. The maximum Gasteiger partial charge on any atom is 0.380 e. The summed E-state index contributed by atoms with van der Waals surface area (Å²) in [4.78, 5) is 14.2. The number of rotatable bonds is 0. The molecular formula is C6H7ClN2O2. The minimum absolute atomic E-state index is 0.309. The van der Waals surface area contributed by atoms with Crippen LogP contribution in [0.5, 0.6) is 0 Å². The second-order valence-electron chi connectivity index (χ2n) is 2.19. The second-order valence-corrected chi connectivity index (χ2v) is 2.57. The first kappa shape index (κ1) is 8.07. The Morgan fingerprint density at radius 2 is 2.09 bits per heavy atom. The van der Waals surface area contributed by atoms with Crippen LogP contribution >= 0.6 is 11.6 Å². The molecule has 0 aromatic carbocycles. The normalized spacial score (nSPS) is 10.1. The minimum Gasteiger partial charge on any atom is -0.424 e. The van der Waals surface area contributed by atoms with Crippen molar-refractivity contribution >= 4 is 11.6 Å². The zero-order chi connectivity index (χ0) is 8.59. The molecule has 1 rings (SSSR count). The molecule has 11 heavy (non-hydrogen) atoms. The van der Waals surface area contributed by atoms with E-state index in [1.807, 2.05) is 0 Å². The van der Waals surface area contributed by atoms with Crippen LogP contribution in [-0.2, 0) is 0 Å². The molecule has 1 heterocycles. The van der Waals surface area contributed by atoms with E-state index < -0.39 is 5.69 Å². The maximum absolute atomic E-state index is 10.8. The largest absolute Gasteiger partial charge is 0.424 e. The van der Waals surface area contributed by atoms with E-state index in [9.17, 15) is 4.79 Å². The minimum atomic E-state index is -0.704. The molecule has 0 aliphatic rings. The van der Waals surface area contributed by atoms with E-state index in [1.165, 1.54) is 0 Å². The van der Waals surface area contributed by atoms with Gasteiger partial charge in [0.1, 0.15) is 0 Å². The van der Waals surface area contributed by atoms with Gasteiger partial charge in [0.15, 0.2) is 0 Å². The molecule has 60 valence electrons. The first-order valence-electron chi connectivity index (χ1n) is 2.99. The topological polar surface area (TPSA) is 55.1 Å². The van der Waals surface area contributed by atoms with Crippen LogP contribution in [0.4, 0.5) is 0 Å². The van der Waals surface area contributed by atoms with Gasteiger partial charge in [-0.25, -0.2) is 4.79 Å². The first-order chi connectivity index (χ1) is 5.04. The highest BCUT2D eigenvalue weighted by Gasteiger charge is 2.07. The number of halogens is 1. The Kier molecular flexibility index (Phi) is 1.87. The van der Waals surface area contributed by atoms with Gasteiger partial charge in [0.2, 0.25) is 0 Å². The van der Waals surface area contributed by atoms with E-state index in [1.54, 1.807) is 13.8 Å². The number of hydrogen-bond acceptors (Lipinski definition) is 3. The van der Waals surface area contributed by atoms with Gasteiger partial charge in [-0.15, -0.1) is 4.73 Å². The summed E-state index contributed by atoms with van der Waals surface area (Å²) >= 11 is 5.67. The molecule has 0 aliphatic heterocycles. The van der Waals surface area contributed by atoms with E-state index in [0.29, 0.717) is 21.1 Å². The summed E-state index contributed by atoms with van der Waals surface area (Å²) in [5.74, 6) is 0. The Morgan fingerprint density at radius 1 is 1.55 bits per heavy atom. The van der Waals surface area contributed by atoms with Crippen LogP contribution in [0.15, 0.2) is 4.79 Å². The van der Waals surface area contributed by atoms with E-state index in [0.717, 1.165) is 0 Å². The van der Waals surface area contributed by atoms with Gasteiger partial charge < -0.3 is 5.21 Å². The summed E-state index contributed by atoms with van der Waals surface area (Å²) in [5.41, 5.74) is 0.0352. The third-order valence-corrected chi connectivity index (χ3v) is 1.94. The van der Waals surface area contributed by atoms with Crippen molar-refractivity contribution in [3.63, 3.8) is 0 Å². The van der Waals surface area contributed by atoms with Crippen molar-refractivity contribution in [2.24, 2.45) is 0 Å². The Morgan fingerprint density at radius 3 is 2.64 bits per heavy atom. The second kappa shape index (κ2) is 2.54. The summed E-state index contributed by atoms with van der Waals surface area (Å²) in [5, 5.41) is 9.28. The van der Waals surface area contributed by atoms with Crippen molar-refractivity contribution < 1.29 is 5.21 Å². The lowest BCUT2D eigenvalue weighted by Crippen LogP contribution is -2.24. The fraction of sp³-hybridized carbons (Fsp3) is 0.333. The van der Waals surface area contributed by atoms with Crippen molar-refractivity contribution in [2.75, 3.05) is 0 Å². The van der Waals surface area contributed by atoms with Gasteiger partial charge in [-0.3, -0.25) is 0 Å². The molecule has 0 unspecified atom stereocenters. The molecule has 4 nitrogen and oxygen atoms in total. The molecule has 0 saturated carbocycles. The molecule has 0 fully saturated rings. The zero-order valence-electron chi connectivity index (χ0n) is 6.13. The van der Waals surface area contributed by atoms with Crippen molar-refractivity contribution in [1.82, 2.24) is 9.71 Å². The van der Waals surface area contributed by atoms with Gasteiger partial charge in [-0.2, -0.15) is 4.98 Å². The number of aromatic nitrogens is 2. The monoisotopic (exact) mass is 174 g/mol. The van der Waals surface area contributed by atoms with E-state index in [2.05, 4.69) is 4.98 Å². The van der Waals surface area contributed by atoms with Gasteiger partial charge in [-0.1, -0.05) is 11.6 Å². The average Bonchev–Trinajstić information content (AvgIpc) is 1.97. The lowest BCUT2D eigenvalue weighted by Gasteiger charge is -2.03. The van der Waals surface area contributed by atoms with Crippen LogP contribution in [0.2, 0.25) is 5.02 Å². The van der Waals surface area contributed by atoms with Gasteiger partial charge >= 0.3 is 5.69 Å². The van der Waals surface area contributed by atoms with Gasteiger partial charge in [0.25, 0.3) is 0 Å². The SMILES string of the molecule is Cc1nc(=O)n(O)c(C)c1Cl. The highest BCUT2D eigenvalue weighted by Crippen LogP contribution is 2.13. The number of aryl methyl sites for hydroxylation is 1. The molecule has 0 saturated heterocycles. The van der Waals surface area contributed by atoms with E-state index >= 15 is 0 Å². The summed E-state index contributed by atoms with van der Waals surface area (Å²) in [6.45, 7) is 3.15. The molecule has 0 atom stereocenters. The highest BCUT2D eigenvalue weighted by molar-refractivity contribution is 6.31. The highest BCUT2D eigenvalue weighted by atomic mass is 35.5. The average molecular weight is 175 g/mol. The number of hydrogen-bond donors (Lipinski definition) is 1. The lowest BCUT2D eigenvalue weighted by atomic mass is 10.3. The molecule has 1 N–H and O–H groups in total. The lowest BCUT2D eigenvalue weighted by molar-refractivity contribution is 0.163. The van der Waals surface area contributed by atoms with E-state index in [-0.39, 0.29) is 0 Å². The molecule has 0 radical (unpaired) electrons. The van der Waals surface area contributed by atoms with Crippen LogP contribution in [0.25, 0.3) is 0 Å². The summed E-state index contributed by atoms with van der Waals surface area (Å²) in [6, 6.07) is 0. The Bertz CT molecular complexity index is 345. The summed E-state index contributed by atoms with van der Waals surface area (Å²) in [6.07, 6.45) is 0. The predicted octanol–water partition coefficient (Wildman–Crippen LogP) is 0.751. The zero-order valence-corrected chi connectivity index (χ0v) is 6.88. The summed E-state index contributed by atoms with van der Waals surface area (Å²) < 4.78 is 0.426. The third-order valence-electron chi connectivity index (χ3n) is 1.40. The molecule has 0 bridgehead atoms. The molecule has 0 spiro atoms. The van der Waals surface area contributed by atoms with Gasteiger partial charge in [-0.05, 0) is 13.8 Å². The third kappa shape index (κ3) is 1.21. The van der Waals surface area contributed by atoms with Crippen LogP contribution in [0.3, 0.4) is 0 Å². The van der Waals surface area contributed by atoms with Crippen molar-refractivity contribution in [3.05, 3.63) is 26.9 Å². The van der Waals surface area contributed by atoms with Crippen LogP contribution in [0, 0.1) is 13.8 Å². The molecule has 5 heteroatoms. The quantitative estimate of drug-likeness (QED) is 0.591. The van der Waals surface area contributed by atoms with E-state index in [4.69, 9.17) is 16.8 Å². The molecule has 1 aromatic heterocycles. The van der Waals surface area contributed by atoms with Crippen molar-refractivity contribution in [1.29, 1.82) is 0 Å². The van der Waals surface area contributed by atoms with Crippen molar-refractivity contribution in [2.45, 2.75) is 13.8 Å². The molecule has 0 amide bonds. The maximum atomic E-state index is 10.8. The Balaban J connectivity index is 3.59. The molecular weight excluding hydrogens is 168 g/mol. The standard InChI is InChI=1S/C6H7ClN2O2/c1-3-5(7)4(2)9(11)6(10)8-3/h11H,1-2H3. The first-order valence-corrected chi connectivity index (χ1v) is 3.37. The fourth-order valence-corrected chi connectivity index (χ4v) is 0.860. The summed E-state index contributed by atoms with van der Waals surface area (Å²) in [7, 11) is 0. The fourth-order valence-electron chi connectivity index (χ4n) is 0.738. The van der Waals surface area contributed by atoms with Crippen LogP contribution < -0.4 is 5.69 Å². The number of nitrogens with zero attached hydrogens (tertiary/aromatic N) is 2. The Labute approximate surface area is 68.0 Å². The molecule has 1 aromatic rings. The van der Waals surface area contributed by atoms with Crippen LogP contribution in [-0.4, -0.2) is 14.9 Å². The molecule has 0 aliphatic carbocycles. The Hall–Kier alpha value is -1.03. The van der Waals surface area contributed by atoms with Gasteiger partial charge in [0.05, 0.1) is 16.4 Å². The smallest absolute Gasteiger partial charge is 0.380 e. The van der Waals surface area contributed by atoms with Crippen LogP contribution in [0.1, 0.15) is 11.4 Å². The van der Waals surface area contributed by atoms with Crippen molar-refractivity contribution in [3.8, 4) is 0 Å². The van der Waals surface area contributed by atoms with Gasteiger partial charge in [0, 0.05) is 0 Å².